The van der Waals surface area contributed by atoms with Crippen molar-refractivity contribution < 1.29 is 34.3 Å². The van der Waals surface area contributed by atoms with Crippen molar-refractivity contribution in [3.63, 3.8) is 0 Å². The molecule has 4 rings (SSSR count). The van der Waals surface area contributed by atoms with Gasteiger partial charge in [-0.15, -0.1) is 0 Å². The van der Waals surface area contributed by atoms with E-state index in [9.17, 15) is 15.3 Å². The number of hydrogen-bond donors (Lipinski definition) is 3. The zero-order chi connectivity index (χ0) is 19.1. The van der Waals surface area contributed by atoms with Gasteiger partial charge in [-0.2, -0.15) is 0 Å². The maximum Gasteiger partial charge on any atom is 0.161 e. The zero-order valence-corrected chi connectivity index (χ0v) is 15.0. The van der Waals surface area contributed by atoms with Gasteiger partial charge in [0.15, 0.2) is 29.3 Å². The fourth-order valence-electron chi connectivity index (χ4n) is 4.04. The van der Waals surface area contributed by atoms with Crippen LogP contribution >= 0.6 is 0 Å². The number of aliphatic hydroxyl groups excluding tert-OH is 1. The van der Waals surface area contributed by atoms with Crippen LogP contribution in [-0.4, -0.2) is 42.4 Å². The molecule has 2 saturated heterocycles. The molecule has 2 aromatic carbocycles. The van der Waals surface area contributed by atoms with E-state index < -0.39 is 6.29 Å². The van der Waals surface area contributed by atoms with Crippen molar-refractivity contribution in [1.82, 2.24) is 0 Å². The molecule has 7 nitrogen and oxygen atoms in total. The highest BCUT2D eigenvalue weighted by Crippen LogP contribution is 2.53. The van der Waals surface area contributed by atoms with Gasteiger partial charge in [-0.25, -0.2) is 0 Å². The Bertz CT molecular complexity index is 786. The molecule has 2 aliphatic heterocycles. The minimum atomic E-state index is -0.993. The number of benzene rings is 2. The molecular formula is C20H22O7. The SMILES string of the molecule is COc1cc([C@H]2O[C@@H](O)[C@H]3[C@@H]2CO[C@@H]3c2ccc(O)c(OC)c2)ccc1O. The Hall–Kier alpha value is -2.48. The third-order valence-electron chi connectivity index (χ3n) is 5.38. The second-order valence-corrected chi connectivity index (χ2v) is 6.80. The van der Waals surface area contributed by atoms with Crippen LogP contribution in [0, 0.1) is 11.8 Å². The molecule has 2 aromatic rings. The molecule has 0 unspecified atom stereocenters. The van der Waals surface area contributed by atoms with Gasteiger partial charge in [0, 0.05) is 11.8 Å². The van der Waals surface area contributed by atoms with Crippen LogP contribution in [0.4, 0.5) is 0 Å². The lowest BCUT2D eigenvalue weighted by Crippen LogP contribution is -2.22. The van der Waals surface area contributed by atoms with Crippen LogP contribution in [0.2, 0.25) is 0 Å². The van der Waals surface area contributed by atoms with Gasteiger partial charge in [0.25, 0.3) is 0 Å². The van der Waals surface area contributed by atoms with Crippen LogP contribution in [-0.2, 0) is 9.47 Å². The third kappa shape index (κ3) is 2.97. The van der Waals surface area contributed by atoms with Gasteiger partial charge >= 0.3 is 0 Å². The second-order valence-electron chi connectivity index (χ2n) is 6.80. The van der Waals surface area contributed by atoms with Crippen LogP contribution in [0.1, 0.15) is 23.3 Å². The summed E-state index contributed by atoms with van der Waals surface area (Å²) in [6.45, 7) is 0.420. The molecule has 2 fully saturated rings. The first kappa shape index (κ1) is 17.9. The van der Waals surface area contributed by atoms with Crippen molar-refractivity contribution in [3.8, 4) is 23.0 Å². The van der Waals surface area contributed by atoms with Crippen molar-refractivity contribution in [1.29, 1.82) is 0 Å². The van der Waals surface area contributed by atoms with E-state index in [0.717, 1.165) is 11.1 Å². The van der Waals surface area contributed by atoms with E-state index in [1.807, 2.05) is 0 Å². The van der Waals surface area contributed by atoms with Crippen molar-refractivity contribution >= 4 is 0 Å². The molecule has 0 spiro atoms. The molecule has 2 aliphatic rings. The number of ether oxygens (including phenoxy) is 4. The van der Waals surface area contributed by atoms with Gasteiger partial charge in [-0.3, -0.25) is 0 Å². The molecule has 5 atom stereocenters. The number of fused-ring (bicyclic) bond motifs is 1. The number of hydrogen-bond acceptors (Lipinski definition) is 7. The normalized spacial score (nSPS) is 29.5. The summed E-state index contributed by atoms with van der Waals surface area (Å²) in [7, 11) is 2.97. The first-order chi connectivity index (χ1) is 13.0. The van der Waals surface area contributed by atoms with Gasteiger partial charge in [0.1, 0.15) is 0 Å². The number of phenolic OH excluding ortho intramolecular Hbond substituents is 2. The number of rotatable bonds is 4. The average Bonchev–Trinajstić information content (AvgIpc) is 3.24. The van der Waals surface area contributed by atoms with Gasteiger partial charge in [0.05, 0.1) is 33.0 Å². The molecule has 7 heteroatoms. The quantitative estimate of drug-likeness (QED) is 0.756. The highest BCUT2D eigenvalue weighted by atomic mass is 16.6. The Kier molecular flexibility index (Phi) is 4.59. The van der Waals surface area contributed by atoms with Crippen LogP contribution in [0.5, 0.6) is 23.0 Å². The number of methoxy groups -OCH3 is 2. The predicted molar refractivity (Wildman–Crippen MR) is 94.8 cm³/mol. The first-order valence-corrected chi connectivity index (χ1v) is 8.72. The fraction of sp³-hybridized carbons (Fsp3) is 0.400. The van der Waals surface area contributed by atoms with E-state index in [1.165, 1.54) is 14.2 Å². The van der Waals surface area contributed by atoms with Crippen molar-refractivity contribution in [3.05, 3.63) is 47.5 Å². The minimum Gasteiger partial charge on any atom is -0.504 e. The van der Waals surface area contributed by atoms with Crippen LogP contribution in [0.25, 0.3) is 0 Å². The van der Waals surface area contributed by atoms with E-state index in [0.29, 0.717) is 18.1 Å². The largest absolute Gasteiger partial charge is 0.504 e. The molecule has 0 radical (unpaired) electrons. The smallest absolute Gasteiger partial charge is 0.161 e. The Balaban J connectivity index is 1.63. The van der Waals surface area contributed by atoms with Gasteiger partial charge in [-0.05, 0) is 35.4 Å². The molecule has 0 bridgehead atoms. The number of aromatic hydroxyl groups is 2. The molecule has 0 amide bonds. The average molecular weight is 374 g/mol. The monoisotopic (exact) mass is 374 g/mol. The number of phenols is 2. The zero-order valence-electron chi connectivity index (χ0n) is 15.0. The lowest BCUT2D eigenvalue weighted by molar-refractivity contribution is -0.134. The van der Waals surface area contributed by atoms with E-state index in [-0.39, 0.29) is 35.5 Å². The van der Waals surface area contributed by atoms with Crippen molar-refractivity contribution in [2.45, 2.75) is 18.5 Å². The number of aliphatic hydroxyl groups is 1. The van der Waals surface area contributed by atoms with Crippen LogP contribution in [0.3, 0.4) is 0 Å². The van der Waals surface area contributed by atoms with E-state index in [2.05, 4.69) is 0 Å². The van der Waals surface area contributed by atoms with Crippen LogP contribution < -0.4 is 9.47 Å². The summed E-state index contributed by atoms with van der Waals surface area (Å²) in [4.78, 5) is 0. The lowest BCUT2D eigenvalue weighted by Gasteiger charge is -2.20. The summed E-state index contributed by atoms with van der Waals surface area (Å²) in [5.74, 6) is 0.491. The summed E-state index contributed by atoms with van der Waals surface area (Å²) in [5.41, 5.74) is 1.62. The molecule has 0 saturated carbocycles. The fourth-order valence-corrected chi connectivity index (χ4v) is 4.04. The van der Waals surface area contributed by atoms with E-state index in [1.54, 1.807) is 36.4 Å². The van der Waals surface area contributed by atoms with Gasteiger partial charge < -0.3 is 34.3 Å². The topological polar surface area (TPSA) is 97.6 Å². The Morgan fingerprint density at radius 2 is 1.44 bits per heavy atom. The Morgan fingerprint density at radius 1 is 0.889 bits per heavy atom. The van der Waals surface area contributed by atoms with Crippen LogP contribution in [0.15, 0.2) is 36.4 Å². The summed E-state index contributed by atoms with van der Waals surface area (Å²) in [6, 6.07) is 10.0. The summed E-state index contributed by atoms with van der Waals surface area (Å²) in [6.07, 6.45) is -1.74. The Labute approximate surface area is 156 Å². The third-order valence-corrected chi connectivity index (χ3v) is 5.38. The molecule has 0 aliphatic carbocycles. The van der Waals surface area contributed by atoms with E-state index >= 15 is 0 Å². The summed E-state index contributed by atoms with van der Waals surface area (Å²) in [5, 5.41) is 30.2. The molecule has 144 valence electrons. The molecule has 2 heterocycles. The molecule has 27 heavy (non-hydrogen) atoms. The maximum atomic E-state index is 10.6. The van der Waals surface area contributed by atoms with Crippen molar-refractivity contribution in [2.75, 3.05) is 20.8 Å². The van der Waals surface area contributed by atoms with Gasteiger partial charge in [0.2, 0.25) is 0 Å². The summed E-state index contributed by atoms with van der Waals surface area (Å²) >= 11 is 0. The molecular weight excluding hydrogens is 352 g/mol. The van der Waals surface area contributed by atoms with Crippen molar-refractivity contribution in [2.24, 2.45) is 11.8 Å². The second kappa shape index (κ2) is 6.92. The molecule has 0 aromatic heterocycles. The van der Waals surface area contributed by atoms with Gasteiger partial charge in [-0.1, -0.05) is 12.1 Å². The maximum absolute atomic E-state index is 10.6. The highest BCUT2D eigenvalue weighted by Gasteiger charge is 2.53. The highest BCUT2D eigenvalue weighted by molar-refractivity contribution is 5.44. The lowest BCUT2D eigenvalue weighted by atomic mass is 9.84. The predicted octanol–water partition coefficient (Wildman–Crippen LogP) is 2.51. The molecule has 3 N–H and O–H groups in total. The first-order valence-electron chi connectivity index (χ1n) is 8.72. The van der Waals surface area contributed by atoms with E-state index in [4.69, 9.17) is 18.9 Å². The standard InChI is InChI=1S/C20H22O7/c1-24-15-7-10(3-5-13(15)21)18-12-9-26-19(17(12)20(23)27-18)11-4-6-14(22)16(8-11)25-2/h3-8,12,17-23H,9H2,1-2H3/t12-,17-,18+,19+,20+/m0/s1. The minimum absolute atomic E-state index is 0.0492. The summed E-state index contributed by atoms with van der Waals surface area (Å²) < 4.78 is 22.2. The Morgan fingerprint density at radius 3 is 2.00 bits per heavy atom.